The maximum Gasteiger partial charge on any atom is 0.211 e. The van der Waals surface area contributed by atoms with Crippen LogP contribution >= 0.6 is 12.4 Å². The first-order valence-corrected chi connectivity index (χ1v) is 11.2. The molecule has 0 saturated carbocycles. The summed E-state index contributed by atoms with van der Waals surface area (Å²) in [4.78, 5) is 2.53. The zero-order valence-electron chi connectivity index (χ0n) is 16.2. The molecule has 0 amide bonds. The van der Waals surface area contributed by atoms with E-state index in [1.165, 1.54) is 17.4 Å². The van der Waals surface area contributed by atoms with Crippen LogP contribution in [0.1, 0.15) is 36.4 Å². The number of hydrogen-bond donors (Lipinski definition) is 0. The number of fused-ring (bicyclic) bond motifs is 4. The third kappa shape index (κ3) is 3.55. The van der Waals surface area contributed by atoms with Crippen LogP contribution < -0.4 is 9.47 Å². The monoisotopic (exact) mass is 416 g/mol. The summed E-state index contributed by atoms with van der Waals surface area (Å²) in [6.45, 7) is 2.60. The van der Waals surface area contributed by atoms with E-state index >= 15 is 0 Å². The third-order valence-corrected chi connectivity index (χ3v) is 7.67. The van der Waals surface area contributed by atoms with Crippen molar-refractivity contribution in [3.05, 3.63) is 23.3 Å². The number of piperidine rings is 2. The second kappa shape index (κ2) is 7.78. The second-order valence-electron chi connectivity index (χ2n) is 7.70. The molecule has 3 atom stereocenters. The van der Waals surface area contributed by atoms with Crippen molar-refractivity contribution < 1.29 is 17.9 Å². The van der Waals surface area contributed by atoms with E-state index in [1.807, 2.05) is 12.1 Å². The number of ether oxygens (including phenoxy) is 2. The summed E-state index contributed by atoms with van der Waals surface area (Å²) in [6.07, 6.45) is 5.19. The SMILES string of the molecule is COc1ccc(OC)c2c1CCN1C[C@H]3CCCN(S(C)(=O)=O)[C@H]3CC21.Cl. The van der Waals surface area contributed by atoms with Crippen molar-refractivity contribution in [2.45, 2.75) is 37.8 Å². The van der Waals surface area contributed by atoms with Crippen LogP contribution in [0.3, 0.4) is 0 Å². The van der Waals surface area contributed by atoms with Crippen molar-refractivity contribution in [1.29, 1.82) is 0 Å². The van der Waals surface area contributed by atoms with Gasteiger partial charge in [0.2, 0.25) is 10.0 Å². The summed E-state index contributed by atoms with van der Waals surface area (Å²) in [5.74, 6) is 2.22. The van der Waals surface area contributed by atoms with Crippen molar-refractivity contribution >= 4 is 22.4 Å². The van der Waals surface area contributed by atoms with E-state index < -0.39 is 10.0 Å². The van der Waals surface area contributed by atoms with Gasteiger partial charge in [0.1, 0.15) is 11.5 Å². The van der Waals surface area contributed by atoms with Crippen LogP contribution in [0.4, 0.5) is 0 Å². The number of sulfonamides is 1. The molecule has 3 aliphatic heterocycles. The summed E-state index contributed by atoms with van der Waals surface area (Å²) in [5.41, 5.74) is 2.41. The number of nitrogens with zero attached hydrogens (tertiary/aromatic N) is 2. The molecule has 2 fully saturated rings. The molecule has 0 N–H and O–H groups in total. The lowest BCUT2D eigenvalue weighted by Crippen LogP contribution is -2.57. The number of methoxy groups -OCH3 is 2. The van der Waals surface area contributed by atoms with Crippen LogP contribution in [0.5, 0.6) is 11.5 Å². The smallest absolute Gasteiger partial charge is 0.211 e. The van der Waals surface area contributed by atoms with Crippen molar-refractivity contribution in [3.63, 3.8) is 0 Å². The molecule has 0 spiro atoms. The van der Waals surface area contributed by atoms with E-state index in [0.29, 0.717) is 12.5 Å². The maximum absolute atomic E-state index is 12.3. The molecule has 1 unspecified atom stereocenters. The lowest BCUT2D eigenvalue weighted by Gasteiger charge is -2.51. The molecule has 0 bridgehead atoms. The Balaban J connectivity index is 0.00000210. The fourth-order valence-corrected chi connectivity index (χ4v) is 6.47. The molecule has 3 heterocycles. The standard InChI is InChI=1S/C19H28N2O4S.ClH/c1-24-17-6-7-18(25-2)19-14(17)8-10-20-12-13-5-4-9-21(26(3,22)23)15(13)11-16(19)20;/h6-7,13,15-16H,4-5,8-12H2,1-3H3;1H/t13-,15+,16?;/m1./s1. The Labute approximate surface area is 168 Å². The van der Waals surface area contributed by atoms with Crippen molar-refractivity contribution in [2.75, 3.05) is 40.1 Å². The number of halogens is 1. The van der Waals surface area contributed by atoms with Gasteiger partial charge >= 0.3 is 0 Å². The zero-order chi connectivity index (χ0) is 18.5. The van der Waals surface area contributed by atoms with Crippen molar-refractivity contribution in [2.24, 2.45) is 5.92 Å². The fourth-order valence-electron chi connectivity index (χ4n) is 5.26. The number of hydrogen-bond acceptors (Lipinski definition) is 5. The average molecular weight is 417 g/mol. The Bertz CT molecular complexity index is 801. The van der Waals surface area contributed by atoms with Crippen LogP contribution in [0.2, 0.25) is 0 Å². The van der Waals surface area contributed by atoms with Gasteiger partial charge in [-0.2, -0.15) is 4.31 Å². The normalized spacial score (nSPS) is 28.3. The fraction of sp³-hybridized carbons (Fsp3) is 0.684. The van der Waals surface area contributed by atoms with E-state index in [0.717, 1.165) is 50.3 Å². The van der Waals surface area contributed by atoms with Gasteiger partial charge in [0.25, 0.3) is 0 Å². The van der Waals surface area contributed by atoms with Crippen LogP contribution in [-0.2, 0) is 16.4 Å². The topological polar surface area (TPSA) is 59.1 Å². The van der Waals surface area contributed by atoms with E-state index in [1.54, 1.807) is 18.5 Å². The Kier molecular flexibility index (Phi) is 5.96. The van der Waals surface area contributed by atoms with Gasteiger partial charge in [-0.15, -0.1) is 12.4 Å². The summed E-state index contributed by atoms with van der Waals surface area (Å²) in [5, 5.41) is 0. The molecule has 6 nitrogen and oxygen atoms in total. The molecule has 0 aliphatic carbocycles. The molecule has 0 radical (unpaired) electrons. The van der Waals surface area contributed by atoms with Gasteiger partial charge in [0.05, 0.1) is 20.5 Å². The van der Waals surface area contributed by atoms with E-state index in [9.17, 15) is 8.42 Å². The van der Waals surface area contributed by atoms with Crippen molar-refractivity contribution in [1.82, 2.24) is 9.21 Å². The zero-order valence-corrected chi connectivity index (χ0v) is 17.8. The minimum Gasteiger partial charge on any atom is -0.496 e. The Morgan fingerprint density at radius 3 is 2.48 bits per heavy atom. The molecule has 152 valence electrons. The van der Waals surface area contributed by atoms with E-state index in [4.69, 9.17) is 9.47 Å². The van der Waals surface area contributed by atoms with Crippen LogP contribution in [0.25, 0.3) is 0 Å². The Morgan fingerprint density at radius 2 is 1.81 bits per heavy atom. The molecule has 2 saturated heterocycles. The van der Waals surface area contributed by atoms with Gasteiger partial charge in [-0.05, 0) is 43.7 Å². The van der Waals surface area contributed by atoms with Gasteiger partial charge in [-0.25, -0.2) is 8.42 Å². The quantitative estimate of drug-likeness (QED) is 0.757. The first kappa shape index (κ1) is 20.7. The Morgan fingerprint density at radius 1 is 1.11 bits per heavy atom. The first-order chi connectivity index (χ1) is 12.4. The van der Waals surface area contributed by atoms with Gasteiger partial charge in [-0.3, -0.25) is 4.90 Å². The van der Waals surface area contributed by atoms with Crippen LogP contribution in [0.15, 0.2) is 12.1 Å². The molecule has 1 aromatic carbocycles. The minimum absolute atomic E-state index is 0. The maximum atomic E-state index is 12.3. The average Bonchev–Trinajstić information content (AvgIpc) is 2.63. The molecule has 0 aromatic heterocycles. The largest absolute Gasteiger partial charge is 0.496 e. The molecule has 1 aromatic rings. The molecular formula is C19H29ClN2O4S. The summed E-state index contributed by atoms with van der Waals surface area (Å²) in [6, 6.07) is 4.22. The lowest BCUT2D eigenvalue weighted by molar-refractivity contribution is 0.0210. The van der Waals surface area contributed by atoms with Crippen LogP contribution in [0, 0.1) is 5.92 Å². The summed E-state index contributed by atoms with van der Waals surface area (Å²) < 4.78 is 37.7. The highest BCUT2D eigenvalue weighted by molar-refractivity contribution is 7.88. The Hall–Kier alpha value is -1.02. The van der Waals surface area contributed by atoms with Gasteiger partial charge in [0.15, 0.2) is 0 Å². The summed E-state index contributed by atoms with van der Waals surface area (Å²) >= 11 is 0. The van der Waals surface area contributed by atoms with Gasteiger partial charge in [0, 0.05) is 42.8 Å². The van der Waals surface area contributed by atoms with Gasteiger partial charge in [-0.1, -0.05) is 0 Å². The highest BCUT2D eigenvalue weighted by Gasteiger charge is 2.46. The lowest BCUT2D eigenvalue weighted by atomic mass is 9.77. The predicted molar refractivity (Wildman–Crippen MR) is 107 cm³/mol. The number of rotatable bonds is 3. The van der Waals surface area contributed by atoms with Gasteiger partial charge < -0.3 is 9.47 Å². The first-order valence-electron chi connectivity index (χ1n) is 9.38. The molecule has 3 aliphatic rings. The molecule has 4 rings (SSSR count). The predicted octanol–water partition coefficient (Wildman–Crippen LogP) is 2.47. The van der Waals surface area contributed by atoms with Crippen LogP contribution in [-0.4, -0.2) is 63.8 Å². The summed E-state index contributed by atoms with van der Waals surface area (Å²) in [7, 11) is 0.230. The minimum atomic E-state index is -3.18. The highest BCUT2D eigenvalue weighted by Crippen LogP contribution is 2.48. The van der Waals surface area contributed by atoms with E-state index in [-0.39, 0.29) is 24.5 Å². The molecular weight excluding hydrogens is 388 g/mol. The highest BCUT2D eigenvalue weighted by atomic mass is 35.5. The second-order valence-corrected chi connectivity index (χ2v) is 9.64. The molecule has 27 heavy (non-hydrogen) atoms. The van der Waals surface area contributed by atoms with E-state index in [2.05, 4.69) is 4.90 Å². The van der Waals surface area contributed by atoms with Crippen molar-refractivity contribution in [3.8, 4) is 11.5 Å². The third-order valence-electron chi connectivity index (χ3n) is 6.36. The molecule has 8 heteroatoms. The number of benzene rings is 1.